The molecule has 1 aliphatic rings. The monoisotopic (exact) mass is 353 g/mol. The van der Waals surface area contributed by atoms with Crippen LogP contribution in [0.2, 0.25) is 5.02 Å². The topological polar surface area (TPSA) is 37.4 Å². The SMILES string of the molecule is Cc1cc(Nc2ccc(N3CCOCC3)cc2)c2cc(Cl)ccc2n1. The summed E-state index contributed by atoms with van der Waals surface area (Å²) in [5, 5.41) is 5.24. The zero-order chi connectivity index (χ0) is 17.2. The fraction of sp³-hybridized carbons (Fsp3) is 0.250. The molecule has 2 aromatic carbocycles. The molecule has 0 radical (unpaired) electrons. The van der Waals surface area contributed by atoms with Gasteiger partial charge in [-0.1, -0.05) is 11.6 Å². The number of pyridine rings is 1. The standard InChI is InChI=1S/C20H20ClN3O/c1-14-12-20(18-13-15(21)2-7-19(18)22-14)23-16-3-5-17(6-4-16)24-8-10-25-11-9-24/h2-7,12-13H,8-11H2,1H3,(H,22,23). The third-order valence-electron chi connectivity index (χ3n) is 4.42. The molecule has 1 N–H and O–H groups in total. The van der Waals surface area contributed by atoms with Crippen molar-refractivity contribution < 1.29 is 4.74 Å². The molecule has 128 valence electrons. The number of nitrogens with one attached hydrogen (secondary N) is 1. The Bertz CT molecular complexity index is 889. The highest BCUT2D eigenvalue weighted by atomic mass is 35.5. The summed E-state index contributed by atoms with van der Waals surface area (Å²) in [6, 6.07) is 16.3. The van der Waals surface area contributed by atoms with Crippen molar-refractivity contribution in [2.75, 3.05) is 36.5 Å². The summed E-state index contributed by atoms with van der Waals surface area (Å²) in [5.74, 6) is 0. The number of halogens is 1. The maximum Gasteiger partial charge on any atom is 0.0727 e. The van der Waals surface area contributed by atoms with Crippen LogP contribution >= 0.6 is 11.6 Å². The van der Waals surface area contributed by atoms with E-state index in [1.165, 1.54) is 5.69 Å². The average molecular weight is 354 g/mol. The third kappa shape index (κ3) is 3.55. The molecule has 4 nitrogen and oxygen atoms in total. The molecule has 1 aromatic heterocycles. The summed E-state index contributed by atoms with van der Waals surface area (Å²) in [5.41, 5.74) is 5.21. The number of aromatic nitrogens is 1. The molecule has 1 saturated heterocycles. The van der Waals surface area contributed by atoms with Gasteiger partial charge in [0.2, 0.25) is 0 Å². The summed E-state index contributed by atoms with van der Waals surface area (Å²) in [6.45, 7) is 5.48. The molecule has 0 unspecified atom stereocenters. The first-order valence-electron chi connectivity index (χ1n) is 8.46. The van der Waals surface area contributed by atoms with Crippen LogP contribution < -0.4 is 10.2 Å². The molecular weight excluding hydrogens is 334 g/mol. The maximum atomic E-state index is 6.17. The van der Waals surface area contributed by atoms with Crippen LogP contribution in [0.15, 0.2) is 48.5 Å². The van der Waals surface area contributed by atoms with Crippen molar-refractivity contribution in [1.29, 1.82) is 0 Å². The summed E-state index contributed by atoms with van der Waals surface area (Å²) in [6.07, 6.45) is 0. The fourth-order valence-corrected chi connectivity index (χ4v) is 3.34. The molecule has 5 heteroatoms. The molecular formula is C20H20ClN3O. The fourth-order valence-electron chi connectivity index (χ4n) is 3.17. The quantitative estimate of drug-likeness (QED) is 0.735. The molecule has 0 amide bonds. The van der Waals surface area contributed by atoms with Gasteiger partial charge >= 0.3 is 0 Å². The Labute approximate surface area is 152 Å². The largest absolute Gasteiger partial charge is 0.378 e. The third-order valence-corrected chi connectivity index (χ3v) is 4.66. The number of rotatable bonds is 3. The molecule has 0 atom stereocenters. The number of hydrogen-bond acceptors (Lipinski definition) is 4. The smallest absolute Gasteiger partial charge is 0.0727 e. The number of benzene rings is 2. The zero-order valence-electron chi connectivity index (χ0n) is 14.1. The van der Waals surface area contributed by atoms with Gasteiger partial charge in [-0.3, -0.25) is 4.98 Å². The van der Waals surface area contributed by atoms with Crippen LogP contribution in [0, 0.1) is 6.92 Å². The van der Waals surface area contributed by atoms with Crippen molar-refractivity contribution in [2.45, 2.75) is 6.92 Å². The lowest BCUT2D eigenvalue weighted by atomic mass is 10.1. The van der Waals surface area contributed by atoms with Crippen LogP contribution in [0.3, 0.4) is 0 Å². The Balaban J connectivity index is 1.61. The Morgan fingerprint density at radius 2 is 1.80 bits per heavy atom. The summed E-state index contributed by atoms with van der Waals surface area (Å²) in [4.78, 5) is 6.92. The van der Waals surface area contributed by atoms with Gasteiger partial charge in [0.1, 0.15) is 0 Å². The van der Waals surface area contributed by atoms with E-state index in [1.54, 1.807) is 0 Å². The zero-order valence-corrected chi connectivity index (χ0v) is 14.9. The van der Waals surface area contributed by atoms with E-state index >= 15 is 0 Å². The average Bonchev–Trinajstić information content (AvgIpc) is 2.64. The molecule has 0 aliphatic carbocycles. The van der Waals surface area contributed by atoms with E-state index in [2.05, 4.69) is 45.5 Å². The highest BCUT2D eigenvalue weighted by molar-refractivity contribution is 6.31. The second-order valence-electron chi connectivity index (χ2n) is 6.24. The predicted octanol–water partition coefficient (Wildman–Crippen LogP) is 4.78. The van der Waals surface area contributed by atoms with Gasteiger partial charge < -0.3 is 15.0 Å². The normalized spacial score (nSPS) is 14.7. The summed E-state index contributed by atoms with van der Waals surface area (Å²) < 4.78 is 5.41. The molecule has 0 bridgehead atoms. The first-order chi connectivity index (χ1) is 12.2. The minimum absolute atomic E-state index is 0.712. The van der Waals surface area contributed by atoms with Gasteiger partial charge in [0, 0.05) is 46.3 Å². The van der Waals surface area contributed by atoms with Crippen molar-refractivity contribution in [3.05, 3.63) is 59.2 Å². The van der Waals surface area contributed by atoms with Crippen molar-refractivity contribution in [3.63, 3.8) is 0 Å². The van der Waals surface area contributed by atoms with E-state index < -0.39 is 0 Å². The number of ether oxygens (including phenoxy) is 1. The van der Waals surface area contributed by atoms with Crippen molar-refractivity contribution in [3.8, 4) is 0 Å². The van der Waals surface area contributed by atoms with Crippen LogP contribution in [0.4, 0.5) is 17.1 Å². The van der Waals surface area contributed by atoms with E-state index in [0.717, 1.165) is 54.3 Å². The minimum Gasteiger partial charge on any atom is -0.378 e. The summed E-state index contributed by atoms with van der Waals surface area (Å²) in [7, 11) is 0. The molecule has 0 saturated carbocycles. The minimum atomic E-state index is 0.712. The Morgan fingerprint density at radius 3 is 2.56 bits per heavy atom. The first kappa shape index (κ1) is 16.2. The van der Waals surface area contributed by atoms with Crippen LogP contribution in [0.5, 0.6) is 0 Å². The van der Waals surface area contributed by atoms with Gasteiger partial charge in [0.15, 0.2) is 0 Å². The van der Waals surface area contributed by atoms with Crippen molar-refractivity contribution in [2.24, 2.45) is 0 Å². The van der Waals surface area contributed by atoms with Gasteiger partial charge in [-0.25, -0.2) is 0 Å². The van der Waals surface area contributed by atoms with Crippen molar-refractivity contribution in [1.82, 2.24) is 4.98 Å². The van der Waals surface area contributed by atoms with Gasteiger partial charge in [-0.05, 0) is 55.5 Å². The second-order valence-corrected chi connectivity index (χ2v) is 6.68. The molecule has 4 rings (SSSR count). The van der Waals surface area contributed by atoms with Crippen molar-refractivity contribution >= 4 is 39.6 Å². The van der Waals surface area contributed by atoms with E-state index in [4.69, 9.17) is 16.3 Å². The van der Waals surface area contributed by atoms with E-state index in [-0.39, 0.29) is 0 Å². The predicted molar refractivity (Wildman–Crippen MR) is 104 cm³/mol. The van der Waals surface area contributed by atoms with E-state index in [9.17, 15) is 0 Å². The van der Waals surface area contributed by atoms with Crippen LogP contribution in [-0.4, -0.2) is 31.3 Å². The van der Waals surface area contributed by atoms with Gasteiger partial charge in [0.25, 0.3) is 0 Å². The van der Waals surface area contributed by atoms with Gasteiger partial charge in [0.05, 0.1) is 18.7 Å². The van der Waals surface area contributed by atoms with E-state index in [1.807, 2.05) is 25.1 Å². The lowest BCUT2D eigenvalue weighted by Crippen LogP contribution is -2.36. The molecule has 2 heterocycles. The van der Waals surface area contributed by atoms with E-state index in [0.29, 0.717) is 5.02 Å². The maximum absolute atomic E-state index is 6.17. The van der Waals surface area contributed by atoms with Crippen LogP contribution in [0.25, 0.3) is 10.9 Å². The van der Waals surface area contributed by atoms with Gasteiger partial charge in [-0.2, -0.15) is 0 Å². The lowest BCUT2D eigenvalue weighted by molar-refractivity contribution is 0.122. The Hall–Kier alpha value is -2.30. The molecule has 1 fully saturated rings. The van der Waals surface area contributed by atoms with Crippen LogP contribution in [-0.2, 0) is 4.74 Å². The number of aryl methyl sites for hydroxylation is 1. The number of hydrogen-bond donors (Lipinski definition) is 1. The second kappa shape index (κ2) is 6.90. The van der Waals surface area contributed by atoms with Crippen LogP contribution in [0.1, 0.15) is 5.69 Å². The summed E-state index contributed by atoms with van der Waals surface area (Å²) >= 11 is 6.17. The Kier molecular flexibility index (Phi) is 4.47. The number of fused-ring (bicyclic) bond motifs is 1. The first-order valence-corrected chi connectivity index (χ1v) is 8.83. The highest BCUT2D eigenvalue weighted by Gasteiger charge is 2.11. The molecule has 1 aliphatic heterocycles. The number of nitrogens with zero attached hydrogens (tertiary/aromatic N) is 2. The number of anilines is 3. The highest BCUT2D eigenvalue weighted by Crippen LogP contribution is 2.29. The molecule has 25 heavy (non-hydrogen) atoms. The van der Waals surface area contributed by atoms with Gasteiger partial charge in [-0.15, -0.1) is 0 Å². The molecule has 3 aromatic rings. The lowest BCUT2D eigenvalue weighted by Gasteiger charge is -2.29. The number of morpholine rings is 1. The Morgan fingerprint density at radius 1 is 1.04 bits per heavy atom. The molecule has 0 spiro atoms.